The van der Waals surface area contributed by atoms with Crippen LogP contribution in [0.1, 0.15) is 98.3 Å². The molecule has 0 heterocycles. The third-order valence-electron chi connectivity index (χ3n) is 11.4. The predicted molar refractivity (Wildman–Crippen MR) is 139 cm³/mol. The van der Waals surface area contributed by atoms with Gasteiger partial charge in [0.15, 0.2) is 0 Å². The standard InChI is InChI=1S/C27H48O9S2.2Na/c1-17(2)6-5-7-18(16-35-37(29,30)31)20-10-11-21-19-8-9-23-25(28)24(36-38(32,33)34)13-15-27(23,4)22(19)12-14-26(20,21)3;;/h17-25,28H,5-16H2,1-4H3,(H,29,30,31)(H,32,33,34);;/q;2*+1/p-2. The van der Waals surface area contributed by atoms with E-state index in [9.17, 15) is 31.0 Å². The molecular formula is C27H46Na2O9S2. The maximum atomic E-state index is 11.3. The molecule has 40 heavy (non-hydrogen) atoms. The Kier molecular flexibility index (Phi) is 13.7. The van der Waals surface area contributed by atoms with E-state index in [4.69, 9.17) is 8.37 Å². The summed E-state index contributed by atoms with van der Waals surface area (Å²) in [5.74, 6) is 2.13. The molecule has 222 valence electrons. The molecule has 4 rings (SSSR count). The van der Waals surface area contributed by atoms with E-state index in [-0.39, 0.29) is 88.4 Å². The summed E-state index contributed by atoms with van der Waals surface area (Å²) < 4.78 is 77.2. The molecule has 4 aliphatic carbocycles. The SMILES string of the molecule is CC(C)CCCC(COS(=O)(=O)[O-])C1CCC2C3CCC4C(O)C(OS(=O)(=O)[O-])CCC4(C)C3CCC12C.[Na+].[Na+]. The van der Waals surface area contributed by atoms with Crippen LogP contribution in [0.2, 0.25) is 0 Å². The maximum absolute atomic E-state index is 11.3. The average molecular weight is 625 g/mol. The Hall–Kier alpha value is 1.70. The molecular weight excluding hydrogens is 578 g/mol. The van der Waals surface area contributed by atoms with E-state index in [1.807, 2.05) is 0 Å². The van der Waals surface area contributed by atoms with E-state index in [1.165, 1.54) is 0 Å². The Morgan fingerprint density at radius 3 is 2.02 bits per heavy atom. The van der Waals surface area contributed by atoms with Crippen LogP contribution in [0.5, 0.6) is 0 Å². The molecule has 4 fully saturated rings. The Labute approximate surface area is 286 Å². The first-order chi connectivity index (χ1) is 17.6. The van der Waals surface area contributed by atoms with E-state index in [2.05, 4.69) is 27.7 Å². The second kappa shape index (κ2) is 14.4. The Morgan fingerprint density at radius 1 is 0.825 bits per heavy atom. The van der Waals surface area contributed by atoms with Gasteiger partial charge in [0.2, 0.25) is 20.8 Å². The molecule has 0 aromatic rings. The first-order valence-corrected chi connectivity index (χ1v) is 17.1. The van der Waals surface area contributed by atoms with Crippen LogP contribution in [0.4, 0.5) is 0 Å². The minimum Gasteiger partial charge on any atom is -0.726 e. The number of aliphatic hydroxyl groups excluding tert-OH is 1. The number of hydrogen-bond acceptors (Lipinski definition) is 9. The summed E-state index contributed by atoms with van der Waals surface area (Å²) in [7, 11) is -9.62. The van der Waals surface area contributed by atoms with Crippen LogP contribution < -0.4 is 59.1 Å². The van der Waals surface area contributed by atoms with Crippen molar-refractivity contribution in [3.05, 3.63) is 0 Å². The van der Waals surface area contributed by atoms with Crippen LogP contribution in [0.15, 0.2) is 0 Å². The molecule has 0 aromatic carbocycles. The summed E-state index contributed by atoms with van der Waals surface area (Å²) in [6.07, 6.45) is 7.78. The third-order valence-corrected chi connectivity index (χ3v) is 12.3. The van der Waals surface area contributed by atoms with Gasteiger partial charge in [-0.2, -0.15) is 0 Å². The minimum atomic E-state index is -4.88. The van der Waals surface area contributed by atoms with Crippen molar-refractivity contribution in [1.82, 2.24) is 0 Å². The van der Waals surface area contributed by atoms with Gasteiger partial charge in [-0.1, -0.05) is 40.5 Å². The monoisotopic (exact) mass is 624 g/mol. The molecule has 0 saturated heterocycles. The van der Waals surface area contributed by atoms with Gasteiger partial charge in [-0.3, -0.25) is 8.37 Å². The predicted octanol–water partition coefficient (Wildman–Crippen LogP) is -1.61. The molecule has 4 aliphatic rings. The normalized spacial score (nSPS) is 40.2. The molecule has 0 radical (unpaired) electrons. The summed E-state index contributed by atoms with van der Waals surface area (Å²) in [5.41, 5.74) is -0.108. The van der Waals surface area contributed by atoms with Crippen molar-refractivity contribution in [2.45, 2.75) is 111 Å². The molecule has 1 N–H and O–H groups in total. The summed E-state index contributed by atoms with van der Waals surface area (Å²) in [6, 6.07) is 0. The van der Waals surface area contributed by atoms with Crippen LogP contribution in [-0.4, -0.2) is 49.9 Å². The fraction of sp³-hybridized carbons (Fsp3) is 1.00. The molecule has 0 bridgehead atoms. The summed E-state index contributed by atoms with van der Waals surface area (Å²) in [6.45, 7) is 8.90. The van der Waals surface area contributed by atoms with Crippen molar-refractivity contribution in [1.29, 1.82) is 0 Å². The molecule has 10 atom stereocenters. The molecule has 9 nitrogen and oxygen atoms in total. The second-order valence-electron chi connectivity index (χ2n) is 13.6. The van der Waals surface area contributed by atoms with Crippen molar-refractivity contribution in [2.24, 2.45) is 52.3 Å². The minimum absolute atomic E-state index is 0. The summed E-state index contributed by atoms with van der Waals surface area (Å²) in [5, 5.41) is 11.1. The molecule has 10 unspecified atom stereocenters. The van der Waals surface area contributed by atoms with Crippen molar-refractivity contribution in [2.75, 3.05) is 6.61 Å². The van der Waals surface area contributed by atoms with Gasteiger partial charge in [0.1, 0.15) is 6.10 Å². The molecule has 0 aromatic heterocycles. The van der Waals surface area contributed by atoms with Gasteiger partial charge in [-0.05, 0) is 110 Å². The smallest absolute Gasteiger partial charge is 0.726 e. The molecule has 4 saturated carbocycles. The molecule has 13 heteroatoms. The van der Waals surface area contributed by atoms with Crippen LogP contribution in [0, 0.1) is 52.3 Å². The number of fused-ring (bicyclic) bond motifs is 5. The first kappa shape index (κ1) is 37.9. The van der Waals surface area contributed by atoms with E-state index >= 15 is 0 Å². The van der Waals surface area contributed by atoms with Gasteiger partial charge in [-0.25, -0.2) is 16.8 Å². The van der Waals surface area contributed by atoms with Gasteiger partial charge in [0.05, 0.1) is 12.7 Å². The Morgan fingerprint density at radius 2 is 1.43 bits per heavy atom. The largest absolute Gasteiger partial charge is 1.00 e. The average Bonchev–Trinajstić information content (AvgIpc) is 3.14. The topological polar surface area (TPSA) is 153 Å². The van der Waals surface area contributed by atoms with Crippen molar-refractivity contribution >= 4 is 20.8 Å². The van der Waals surface area contributed by atoms with Gasteiger partial charge in [-0.15, -0.1) is 0 Å². The van der Waals surface area contributed by atoms with Crippen LogP contribution >= 0.6 is 0 Å². The Balaban J connectivity index is 0.00000280. The van der Waals surface area contributed by atoms with Crippen molar-refractivity contribution < 1.29 is 98.5 Å². The second-order valence-corrected chi connectivity index (χ2v) is 15.7. The zero-order chi connectivity index (χ0) is 28.1. The van der Waals surface area contributed by atoms with Crippen molar-refractivity contribution in [3.63, 3.8) is 0 Å². The Bertz CT molecular complexity index is 1060. The van der Waals surface area contributed by atoms with Crippen molar-refractivity contribution in [3.8, 4) is 0 Å². The first-order valence-electron chi connectivity index (χ1n) is 14.5. The van der Waals surface area contributed by atoms with E-state index in [0.29, 0.717) is 36.0 Å². The zero-order valence-electron chi connectivity index (χ0n) is 25.2. The zero-order valence-corrected chi connectivity index (χ0v) is 30.8. The fourth-order valence-electron chi connectivity index (χ4n) is 9.73. The van der Waals surface area contributed by atoms with E-state index in [0.717, 1.165) is 64.2 Å². The van der Waals surface area contributed by atoms with E-state index in [1.54, 1.807) is 0 Å². The van der Waals surface area contributed by atoms with Gasteiger partial charge < -0.3 is 14.2 Å². The van der Waals surface area contributed by atoms with E-state index < -0.39 is 33.0 Å². The maximum Gasteiger partial charge on any atom is 1.00 e. The fourth-order valence-corrected chi connectivity index (χ4v) is 10.6. The molecule has 0 spiro atoms. The molecule has 0 aliphatic heterocycles. The van der Waals surface area contributed by atoms with Crippen LogP contribution in [0.25, 0.3) is 0 Å². The third kappa shape index (κ3) is 8.29. The van der Waals surface area contributed by atoms with Gasteiger partial charge in [0, 0.05) is 0 Å². The summed E-state index contributed by atoms with van der Waals surface area (Å²) in [4.78, 5) is 0. The number of aliphatic hydroxyl groups is 1. The van der Waals surface area contributed by atoms with Crippen LogP contribution in [0.3, 0.4) is 0 Å². The number of hydrogen-bond donors (Lipinski definition) is 1. The molecule has 0 amide bonds. The van der Waals surface area contributed by atoms with Gasteiger partial charge >= 0.3 is 59.1 Å². The summed E-state index contributed by atoms with van der Waals surface area (Å²) >= 11 is 0. The van der Waals surface area contributed by atoms with Crippen LogP contribution in [-0.2, 0) is 29.2 Å². The number of rotatable bonds is 10. The van der Waals surface area contributed by atoms with Gasteiger partial charge in [0.25, 0.3) is 0 Å². The quantitative estimate of drug-likeness (QED) is 0.172.